The average Bonchev–Trinajstić information content (AvgIpc) is 2.86. The smallest absolute Gasteiger partial charge is 0.128 e. The Morgan fingerprint density at radius 3 is 2.74 bits per heavy atom. The standard InChI is InChI=1S/C15H23N3O/c1-12-2-3-13(10-12)17-14-4-5-15(16-11-14)18-6-8-19-9-7-18/h4-5,11-13,17H,2-3,6-10H2,1H3. The molecule has 1 aromatic heterocycles. The molecule has 104 valence electrons. The zero-order valence-electron chi connectivity index (χ0n) is 11.6. The van der Waals surface area contributed by atoms with Crippen LogP contribution in [0.1, 0.15) is 26.2 Å². The minimum Gasteiger partial charge on any atom is -0.381 e. The van der Waals surface area contributed by atoms with Gasteiger partial charge in [-0.25, -0.2) is 4.98 Å². The van der Waals surface area contributed by atoms with Gasteiger partial charge in [0.2, 0.25) is 0 Å². The highest BCUT2D eigenvalue weighted by atomic mass is 16.5. The van der Waals surface area contributed by atoms with E-state index >= 15 is 0 Å². The maximum Gasteiger partial charge on any atom is 0.128 e. The summed E-state index contributed by atoms with van der Waals surface area (Å²) in [5.41, 5.74) is 1.15. The highest BCUT2D eigenvalue weighted by Gasteiger charge is 2.21. The molecule has 0 amide bonds. The SMILES string of the molecule is CC1CCC(Nc2ccc(N3CCOCC3)nc2)C1. The van der Waals surface area contributed by atoms with Gasteiger partial charge in [-0.3, -0.25) is 0 Å². The number of anilines is 2. The number of morpholine rings is 1. The third-order valence-corrected chi connectivity index (χ3v) is 4.15. The molecule has 3 rings (SSSR count). The van der Waals surface area contributed by atoms with Gasteiger partial charge in [-0.2, -0.15) is 0 Å². The number of ether oxygens (including phenoxy) is 1. The lowest BCUT2D eigenvalue weighted by Gasteiger charge is -2.27. The van der Waals surface area contributed by atoms with Gasteiger partial charge in [-0.05, 0) is 37.3 Å². The van der Waals surface area contributed by atoms with Gasteiger partial charge in [0.1, 0.15) is 5.82 Å². The highest BCUT2D eigenvalue weighted by Crippen LogP contribution is 2.27. The number of hydrogen-bond donors (Lipinski definition) is 1. The van der Waals surface area contributed by atoms with E-state index in [2.05, 4.69) is 34.3 Å². The predicted octanol–water partition coefficient (Wildman–Crippen LogP) is 2.52. The van der Waals surface area contributed by atoms with Gasteiger partial charge in [0.15, 0.2) is 0 Å². The van der Waals surface area contributed by atoms with Crippen molar-refractivity contribution in [2.24, 2.45) is 5.92 Å². The Hall–Kier alpha value is -1.29. The first-order chi connectivity index (χ1) is 9.31. The van der Waals surface area contributed by atoms with E-state index in [1.54, 1.807) is 0 Å². The largest absolute Gasteiger partial charge is 0.381 e. The summed E-state index contributed by atoms with van der Waals surface area (Å²) in [5, 5.41) is 3.60. The molecule has 19 heavy (non-hydrogen) atoms. The van der Waals surface area contributed by atoms with Gasteiger partial charge in [0.25, 0.3) is 0 Å². The van der Waals surface area contributed by atoms with Crippen LogP contribution in [0.2, 0.25) is 0 Å². The number of nitrogens with one attached hydrogen (secondary N) is 1. The maximum atomic E-state index is 5.36. The molecule has 1 aromatic rings. The van der Waals surface area contributed by atoms with Gasteiger partial charge in [0, 0.05) is 19.1 Å². The Kier molecular flexibility index (Phi) is 3.87. The van der Waals surface area contributed by atoms with E-state index in [0.717, 1.165) is 43.7 Å². The summed E-state index contributed by atoms with van der Waals surface area (Å²) in [5.74, 6) is 1.92. The average molecular weight is 261 g/mol. The molecule has 2 fully saturated rings. The molecule has 2 heterocycles. The molecule has 1 aliphatic carbocycles. The van der Waals surface area contributed by atoms with Crippen molar-refractivity contribution in [2.45, 2.75) is 32.2 Å². The van der Waals surface area contributed by atoms with E-state index in [0.29, 0.717) is 6.04 Å². The molecule has 4 heteroatoms. The summed E-state index contributed by atoms with van der Waals surface area (Å²) in [6, 6.07) is 4.90. The van der Waals surface area contributed by atoms with Gasteiger partial charge in [-0.1, -0.05) is 6.92 Å². The van der Waals surface area contributed by atoms with Crippen LogP contribution in [0.4, 0.5) is 11.5 Å². The Bertz CT molecular complexity index is 400. The van der Waals surface area contributed by atoms with Gasteiger partial charge in [-0.15, -0.1) is 0 Å². The molecule has 2 atom stereocenters. The van der Waals surface area contributed by atoms with Gasteiger partial charge in [0.05, 0.1) is 25.1 Å². The number of hydrogen-bond acceptors (Lipinski definition) is 4. The van der Waals surface area contributed by atoms with Crippen molar-refractivity contribution in [3.63, 3.8) is 0 Å². The molecule has 0 aromatic carbocycles. The first-order valence-electron chi connectivity index (χ1n) is 7.36. The van der Waals surface area contributed by atoms with Gasteiger partial charge < -0.3 is 15.0 Å². The summed E-state index contributed by atoms with van der Waals surface area (Å²) in [6.45, 7) is 5.84. The van der Waals surface area contributed by atoms with Crippen molar-refractivity contribution >= 4 is 11.5 Å². The van der Waals surface area contributed by atoms with E-state index in [4.69, 9.17) is 4.74 Å². The summed E-state index contributed by atoms with van der Waals surface area (Å²) in [4.78, 5) is 6.85. The van der Waals surface area contributed by atoms with Crippen molar-refractivity contribution in [3.8, 4) is 0 Å². The number of pyridine rings is 1. The molecular formula is C15H23N3O. The predicted molar refractivity (Wildman–Crippen MR) is 77.7 cm³/mol. The Morgan fingerprint density at radius 2 is 2.11 bits per heavy atom. The van der Waals surface area contributed by atoms with E-state index in [-0.39, 0.29) is 0 Å². The lowest BCUT2D eigenvalue weighted by Crippen LogP contribution is -2.36. The second-order valence-corrected chi connectivity index (χ2v) is 5.76. The molecule has 1 saturated carbocycles. The van der Waals surface area contributed by atoms with Crippen LogP contribution < -0.4 is 10.2 Å². The minimum absolute atomic E-state index is 0.631. The Labute approximate surface area is 115 Å². The normalized spacial score (nSPS) is 27.5. The number of rotatable bonds is 3. The summed E-state index contributed by atoms with van der Waals surface area (Å²) < 4.78 is 5.36. The third-order valence-electron chi connectivity index (χ3n) is 4.15. The van der Waals surface area contributed by atoms with Crippen LogP contribution in [-0.2, 0) is 4.74 Å². The zero-order chi connectivity index (χ0) is 13.1. The topological polar surface area (TPSA) is 37.4 Å². The van der Waals surface area contributed by atoms with Crippen LogP contribution in [0.5, 0.6) is 0 Å². The zero-order valence-corrected chi connectivity index (χ0v) is 11.6. The van der Waals surface area contributed by atoms with E-state index < -0.39 is 0 Å². The van der Waals surface area contributed by atoms with E-state index in [9.17, 15) is 0 Å². The number of nitrogens with zero attached hydrogens (tertiary/aromatic N) is 2. The monoisotopic (exact) mass is 261 g/mol. The molecule has 0 radical (unpaired) electrons. The second-order valence-electron chi connectivity index (χ2n) is 5.76. The van der Waals surface area contributed by atoms with Crippen LogP contribution in [0.25, 0.3) is 0 Å². The second kappa shape index (κ2) is 5.78. The molecule has 0 spiro atoms. The van der Waals surface area contributed by atoms with E-state index in [1.807, 2.05) is 6.20 Å². The van der Waals surface area contributed by atoms with Crippen molar-refractivity contribution in [3.05, 3.63) is 18.3 Å². The lowest BCUT2D eigenvalue weighted by atomic mass is 10.1. The van der Waals surface area contributed by atoms with Crippen molar-refractivity contribution < 1.29 is 4.74 Å². The lowest BCUT2D eigenvalue weighted by molar-refractivity contribution is 0.122. The Balaban J connectivity index is 1.59. The molecular weight excluding hydrogens is 238 g/mol. The fraction of sp³-hybridized carbons (Fsp3) is 0.667. The van der Waals surface area contributed by atoms with Crippen molar-refractivity contribution in [2.75, 3.05) is 36.5 Å². The number of aromatic nitrogens is 1. The summed E-state index contributed by atoms with van der Waals surface area (Å²) in [6.07, 6.45) is 5.88. The van der Waals surface area contributed by atoms with Crippen molar-refractivity contribution in [1.82, 2.24) is 4.98 Å². The molecule has 2 aliphatic rings. The fourth-order valence-corrected chi connectivity index (χ4v) is 3.02. The molecule has 2 unspecified atom stereocenters. The molecule has 0 bridgehead atoms. The quantitative estimate of drug-likeness (QED) is 0.907. The van der Waals surface area contributed by atoms with Crippen LogP contribution in [0, 0.1) is 5.92 Å². The van der Waals surface area contributed by atoms with Crippen LogP contribution in [0.3, 0.4) is 0 Å². The van der Waals surface area contributed by atoms with Crippen LogP contribution in [-0.4, -0.2) is 37.3 Å². The fourth-order valence-electron chi connectivity index (χ4n) is 3.02. The third kappa shape index (κ3) is 3.18. The summed E-state index contributed by atoms with van der Waals surface area (Å²) in [7, 11) is 0. The van der Waals surface area contributed by atoms with Crippen molar-refractivity contribution in [1.29, 1.82) is 0 Å². The van der Waals surface area contributed by atoms with Crippen LogP contribution in [0.15, 0.2) is 18.3 Å². The highest BCUT2D eigenvalue weighted by molar-refractivity contribution is 5.49. The minimum atomic E-state index is 0.631. The maximum absolute atomic E-state index is 5.36. The summed E-state index contributed by atoms with van der Waals surface area (Å²) >= 11 is 0. The van der Waals surface area contributed by atoms with E-state index in [1.165, 1.54) is 19.3 Å². The molecule has 4 nitrogen and oxygen atoms in total. The molecule has 1 saturated heterocycles. The first-order valence-corrected chi connectivity index (χ1v) is 7.36. The van der Waals surface area contributed by atoms with Crippen LogP contribution >= 0.6 is 0 Å². The molecule has 1 N–H and O–H groups in total. The first kappa shape index (κ1) is 12.7. The molecule has 1 aliphatic heterocycles. The van der Waals surface area contributed by atoms with Gasteiger partial charge >= 0.3 is 0 Å². The Morgan fingerprint density at radius 1 is 1.26 bits per heavy atom.